The van der Waals surface area contributed by atoms with Crippen LogP contribution in [0.25, 0.3) is 0 Å². The van der Waals surface area contributed by atoms with Crippen molar-refractivity contribution >= 4 is 11.8 Å². The van der Waals surface area contributed by atoms with Gasteiger partial charge in [0.05, 0.1) is 25.1 Å². The summed E-state index contributed by atoms with van der Waals surface area (Å²) < 4.78 is 5.19. The summed E-state index contributed by atoms with van der Waals surface area (Å²) in [7, 11) is 3.13. The first-order valence-corrected chi connectivity index (χ1v) is 6.24. The van der Waals surface area contributed by atoms with Gasteiger partial charge in [0.25, 0.3) is 0 Å². The number of likely N-dealkylation sites (N-methyl/N-ethyl adjacent to an activating group) is 1. The number of carbonyl (C=O) groups is 2. The lowest BCUT2D eigenvalue weighted by atomic mass is 10.1. The predicted molar refractivity (Wildman–Crippen MR) is 70.4 cm³/mol. The van der Waals surface area contributed by atoms with E-state index >= 15 is 0 Å². The van der Waals surface area contributed by atoms with E-state index in [4.69, 9.17) is 4.74 Å². The fraction of sp³-hybridized carbons (Fsp3) is 0.429. The van der Waals surface area contributed by atoms with Crippen molar-refractivity contribution in [3.05, 3.63) is 35.9 Å². The molecule has 1 saturated heterocycles. The van der Waals surface area contributed by atoms with Crippen molar-refractivity contribution in [2.24, 2.45) is 0 Å². The van der Waals surface area contributed by atoms with Crippen LogP contribution in [0.1, 0.15) is 18.0 Å². The van der Waals surface area contributed by atoms with Crippen LogP contribution in [0, 0.1) is 0 Å². The van der Waals surface area contributed by atoms with E-state index in [0.717, 1.165) is 5.56 Å². The number of imide groups is 1. The smallest absolute Gasteiger partial charge is 0.246 e. The zero-order chi connectivity index (χ0) is 13.8. The average Bonchev–Trinajstić information content (AvgIpc) is 2.67. The highest BCUT2D eigenvalue weighted by Crippen LogP contribution is 2.18. The first-order chi connectivity index (χ1) is 9.13. The summed E-state index contributed by atoms with van der Waals surface area (Å²) >= 11 is 0. The molecule has 1 aliphatic heterocycles. The zero-order valence-corrected chi connectivity index (χ0v) is 11.1. The molecule has 1 aromatic carbocycles. The number of nitrogens with one attached hydrogen (secondary N) is 1. The van der Waals surface area contributed by atoms with Crippen molar-refractivity contribution in [1.29, 1.82) is 0 Å². The van der Waals surface area contributed by atoms with Gasteiger partial charge in [0.2, 0.25) is 11.8 Å². The van der Waals surface area contributed by atoms with Gasteiger partial charge in [0, 0.05) is 14.2 Å². The van der Waals surface area contributed by atoms with Crippen LogP contribution in [0.5, 0.6) is 0 Å². The maximum absolute atomic E-state index is 11.9. The van der Waals surface area contributed by atoms with Gasteiger partial charge in [0.1, 0.15) is 0 Å². The fourth-order valence-corrected chi connectivity index (χ4v) is 2.22. The van der Waals surface area contributed by atoms with E-state index in [1.165, 1.54) is 11.9 Å². The third-order valence-corrected chi connectivity index (χ3v) is 3.32. The Balaban J connectivity index is 2.10. The van der Waals surface area contributed by atoms with Gasteiger partial charge in [-0.1, -0.05) is 30.3 Å². The molecule has 2 rings (SSSR count). The van der Waals surface area contributed by atoms with Crippen molar-refractivity contribution in [1.82, 2.24) is 10.2 Å². The molecule has 1 fully saturated rings. The summed E-state index contributed by atoms with van der Waals surface area (Å²) in [6.45, 7) is 0.450. The first kappa shape index (κ1) is 13.7. The lowest BCUT2D eigenvalue weighted by Crippen LogP contribution is -2.40. The molecule has 2 atom stereocenters. The number of likely N-dealkylation sites (tertiary alicyclic amines) is 1. The molecule has 0 aliphatic carbocycles. The third kappa shape index (κ3) is 3.00. The highest BCUT2D eigenvalue weighted by Gasteiger charge is 2.37. The van der Waals surface area contributed by atoms with E-state index < -0.39 is 6.04 Å². The third-order valence-electron chi connectivity index (χ3n) is 3.32. The Morgan fingerprint density at radius 1 is 1.37 bits per heavy atom. The van der Waals surface area contributed by atoms with Crippen LogP contribution in [-0.2, 0) is 14.3 Å². The lowest BCUT2D eigenvalue weighted by Gasteiger charge is -2.21. The maximum atomic E-state index is 11.9. The number of hydrogen-bond acceptors (Lipinski definition) is 4. The van der Waals surface area contributed by atoms with Crippen LogP contribution in [0.15, 0.2) is 30.3 Å². The van der Waals surface area contributed by atoms with Crippen LogP contribution in [-0.4, -0.2) is 43.5 Å². The van der Waals surface area contributed by atoms with Crippen molar-refractivity contribution < 1.29 is 14.3 Å². The van der Waals surface area contributed by atoms with Gasteiger partial charge >= 0.3 is 0 Å². The lowest BCUT2D eigenvalue weighted by molar-refractivity contribution is -0.137. The van der Waals surface area contributed by atoms with Crippen molar-refractivity contribution in [2.75, 3.05) is 20.8 Å². The topological polar surface area (TPSA) is 58.6 Å². The number of benzene rings is 1. The maximum Gasteiger partial charge on any atom is 0.246 e. The largest absolute Gasteiger partial charge is 0.383 e. The van der Waals surface area contributed by atoms with E-state index in [1.54, 1.807) is 7.11 Å². The highest BCUT2D eigenvalue weighted by atomic mass is 16.5. The highest BCUT2D eigenvalue weighted by molar-refractivity contribution is 6.05. The molecule has 0 spiro atoms. The van der Waals surface area contributed by atoms with Crippen LogP contribution in [0.2, 0.25) is 0 Å². The van der Waals surface area contributed by atoms with Gasteiger partial charge in [-0.05, 0) is 5.56 Å². The van der Waals surface area contributed by atoms with Crippen molar-refractivity contribution in [3.8, 4) is 0 Å². The Morgan fingerprint density at radius 3 is 2.58 bits per heavy atom. The van der Waals surface area contributed by atoms with Crippen LogP contribution >= 0.6 is 0 Å². The zero-order valence-electron chi connectivity index (χ0n) is 11.1. The molecular formula is C14H18N2O3. The summed E-state index contributed by atoms with van der Waals surface area (Å²) in [6.07, 6.45) is 0.211. The van der Waals surface area contributed by atoms with Crippen molar-refractivity contribution in [3.63, 3.8) is 0 Å². The monoisotopic (exact) mass is 262 g/mol. The number of nitrogens with zero attached hydrogens (tertiary/aromatic N) is 1. The Labute approximate surface area is 112 Å². The van der Waals surface area contributed by atoms with E-state index in [-0.39, 0.29) is 24.3 Å². The molecule has 1 aromatic rings. The molecule has 5 heteroatoms. The van der Waals surface area contributed by atoms with Gasteiger partial charge in [0.15, 0.2) is 0 Å². The van der Waals surface area contributed by atoms with Gasteiger partial charge in [-0.15, -0.1) is 0 Å². The second-order valence-electron chi connectivity index (χ2n) is 4.63. The summed E-state index contributed by atoms with van der Waals surface area (Å²) in [5, 5.41) is 3.21. The molecule has 0 bridgehead atoms. The molecule has 1 N–H and O–H groups in total. The second-order valence-corrected chi connectivity index (χ2v) is 4.63. The van der Waals surface area contributed by atoms with E-state index in [0.29, 0.717) is 6.61 Å². The number of carbonyl (C=O) groups excluding carboxylic acids is 2. The number of ether oxygens (including phenoxy) is 1. The van der Waals surface area contributed by atoms with Crippen molar-refractivity contribution in [2.45, 2.75) is 18.5 Å². The summed E-state index contributed by atoms with van der Waals surface area (Å²) in [5.41, 5.74) is 1.04. The molecule has 0 aromatic heterocycles. The van der Waals surface area contributed by atoms with E-state index in [2.05, 4.69) is 5.32 Å². The molecule has 1 aliphatic rings. The normalized spacial score (nSPS) is 20.9. The number of rotatable bonds is 5. The SMILES string of the molecule is COCC(NC1CC(=O)N(C)C1=O)c1ccccc1. The molecule has 1 heterocycles. The number of amides is 2. The summed E-state index contributed by atoms with van der Waals surface area (Å²) in [4.78, 5) is 24.6. The number of hydrogen-bond donors (Lipinski definition) is 1. The minimum atomic E-state index is -0.460. The standard InChI is InChI=1S/C14H18N2O3/c1-16-13(17)8-11(14(16)18)15-12(9-19-2)10-6-4-3-5-7-10/h3-7,11-12,15H,8-9H2,1-2H3. The van der Waals surface area contributed by atoms with Gasteiger partial charge in [-0.25, -0.2) is 0 Å². The van der Waals surface area contributed by atoms with E-state index in [9.17, 15) is 9.59 Å². The molecule has 2 amide bonds. The molecule has 2 unspecified atom stereocenters. The number of methoxy groups -OCH3 is 1. The summed E-state index contributed by atoms with van der Waals surface area (Å²) in [5.74, 6) is -0.325. The quantitative estimate of drug-likeness (QED) is 0.794. The molecule has 0 radical (unpaired) electrons. The molecule has 5 nitrogen and oxygen atoms in total. The Morgan fingerprint density at radius 2 is 2.05 bits per heavy atom. The Bertz CT molecular complexity index is 461. The first-order valence-electron chi connectivity index (χ1n) is 6.24. The predicted octanol–water partition coefficient (Wildman–Crippen LogP) is 0.721. The van der Waals surface area contributed by atoms with Crippen LogP contribution < -0.4 is 5.32 Å². The molecule has 19 heavy (non-hydrogen) atoms. The Kier molecular flexibility index (Phi) is 4.29. The van der Waals surface area contributed by atoms with E-state index in [1.807, 2.05) is 30.3 Å². The Hall–Kier alpha value is -1.72. The van der Waals surface area contributed by atoms with Crippen LogP contribution in [0.4, 0.5) is 0 Å². The molecular weight excluding hydrogens is 244 g/mol. The minimum Gasteiger partial charge on any atom is -0.383 e. The van der Waals surface area contributed by atoms with Gasteiger partial charge in [-0.3, -0.25) is 19.8 Å². The minimum absolute atomic E-state index is 0.0977. The molecule has 0 saturated carbocycles. The average molecular weight is 262 g/mol. The fourth-order valence-electron chi connectivity index (χ4n) is 2.22. The van der Waals surface area contributed by atoms with Gasteiger partial charge in [-0.2, -0.15) is 0 Å². The van der Waals surface area contributed by atoms with Gasteiger partial charge < -0.3 is 4.74 Å². The van der Waals surface area contributed by atoms with Crippen LogP contribution in [0.3, 0.4) is 0 Å². The summed E-state index contributed by atoms with van der Waals surface area (Å²) in [6, 6.07) is 9.20. The second kappa shape index (κ2) is 5.95. The molecule has 102 valence electrons.